The third-order valence-electron chi connectivity index (χ3n) is 1.92. The SMILES string of the molecule is CNc1nc2c(C(=O)O)cnn2cc1F. The summed E-state index contributed by atoms with van der Waals surface area (Å²) in [4.78, 5) is 14.6. The van der Waals surface area contributed by atoms with Crippen LogP contribution < -0.4 is 5.32 Å². The van der Waals surface area contributed by atoms with Crippen molar-refractivity contribution in [2.75, 3.05) is 12.4 Å². The predicted octanol–water partition coefficient (Wildman–Crippen LogP) is 0.608. The Bertz CT molecular complexity index is 537. The minimum Gasteiger partial charge on any atom is -0.477 e. The normalized spacial score (nSPS) is 10.5. The minimum absolute atomic E-state index is 0.00880. The van der Waals surface area contributed by atoms with Crippen LogP contribution in [0.25, 0.3) is 5.65 Å². The molecule has 0 fully saturated rings. The third-order valence-corrected chi connectivity index (χ3v) is 1.92. The first-order chi connectivity index (χ1) is 7.13. The number of aromatic nitrogens is 3. The van der Waals surface area contributed by atoms with Crippen molar-refractivity contribution in [1.29, 1.82) is 0 Å². The lowest BCUT2D eigenvalue weighted by Gasteiger charge is -2.01. The maximum absolute atomic E-state index is 13.2. The number of anilines is 1. The van der Waals surface area contributed by atoms with Gasteiger partial charge in [-0.25, -0.2) is 18.7 Å². The molecule has 78 valence electrons. The summed E-state index contributed by atoms with van der Waals surface area (Å²) in [6, 6.07) is 0. The highest BCUT2D eigenvalue weighted by molar-refractivity contribution is 5.94. The van der Waals surface area contributed by atoms with Crippen LogP contribution in [0.4, 0.5) is 10.2 Å². The number of carboxylic acid groups (broad SMARTS) is 1. The molecule has 0 unspecified atom stereocenters. The zero-order valence-corrected chi connectivity index (χ0v) is 7.73. The molecular weight excluding hydrogens is 203 g/mol. The minimum atomic E-state index is -1.15. The lowest BCUT2D eigenvalue weighted by Crippen LogP contribution is -2.03. The molecule has 0 spiro atoms. The Hall–Kier alpha value is -2.18. The molecule has 2 N–H and O–H groups in total. The number of halogens is 1. The van der Waals surface area contributed by atoms with E-state index in [4.69, 9.17) is 5.11 Å². The summed E-state index contributed by atoms with van der Waals surface area (Å²) in [6.07, 6.45) is 2.20. The van der Waals surface area contributed by atoms with Gasteiger partial charge in [-0.05, 0) is 0 Å². The largest absolute Gasteiger partial charge is 0.477 e. The second-order valence-electron chi connectivity index (χ2n) is 2.82. The van der Waals surface area contributed by atoms with Gasteiger partial charge in [-0.2, -0.15) is 5.10 Å². The van der Waals surface area contributed by atoms with Gasteiger partial charge in [0.1, 0.15) is 5.56 Å². The van der Waals surface area contributed by atoms with Gasteiger partial charge in [0.15, 0.2) is 17.3 Å². The number of carboxylic acids is 1. The molecule has 2 aromatic heterocycles. The standard InChI is InChI=1S/C8H7FN4O2/c1-10-6-5(9)3-13-7(12-6)4(2-11-13)8(14)15/h2-3H,1H3,(H,10,12)(H,14,15). The maximum Gasteiger partial charge on any atom is 0.341 e. The molecular formula is C8H7FN4O2. The van der Waals surface area contributed by atoms with E-state index in [0.717, 1.165) is 16.9 Å². The smallest absolute Gasteiger partial charge is 0.341 e. The lowest BCUT2D eigenvalue weighted by molar-refractivity contribution is 0.0699. The van der Waals surface area contributed by atoms with Gasteiger partial charge in [0, 0.05) is 7.05 Å². The first-order valence-corrected chi connectivity index (χ1v) is 4.08. The van der Waals surface area contributed by atoms with Crippen LogP contribution in [0, 0.1) is 5.82 Å². The molecule has 0 atom stereocenters. The van der Waals surface area contributed by atoms with E-state index >= 15 is 0 Å². The fourth-order valence-corrected chi connectivity index (χ4v) is 1.22. The molecule has 15 heavy (non-hydrogen) atoms. The molecule has 0 bridgehead atoms. The molecule has 0 amide bonds. The molecule has 2 aromatic rings. The molecule has 0 aliphatic carbocycles. The molecule has 0 saturated heterocycles. The van der Waals surface area contributed by atoms with E-state index in [2.05, 4.69) is 15.4 Å². The number of fused-ring (bicyclic) bond motifs is 1. The van der Waals surface area contributed by atoms with Crippen molar-refractivity contribution in [3.63, 3.8) is 0 Å². The average Bonchev–Trinajstić information content (AvgIpc) is 2.59. The Kier molecular flexibility index (Phi) is 2.00. The van der Waals surface area contributed by atoms with Gasteiger partial charge in [0.05, 0.1) is 12.4 Å². The first kappa shape index (κ1) is 9.38. The third kappa shape index (κ3) is 1.37. The highest BCUT2D eigenvalue weighted by Crippen LogP contribution is 2.14. The van der Waals surface area contributed by atoms with Gasteiger partial charge in [0.25, 0.3) is 0 Å². The Morgan fingerprint density at radius 2 is 2.40 bits per heavy atom. The molecule has 0 aliphatic heterocycles. The molecule has 7 heteroatoms. The fourth-order valence-electron chi connectivity index (χ4n) is 1.22. The maximum atomic E-state index is 13.2. The number of carbonyl (C=O) groups is 1. The predicted molar refractivity (Wildman–Crippen MR) is 49.5 cm³/mol. The van der Waals surface area contributed by atoms with E-state index in [1.165, 1.54) is 7.05 Å². The van der Waals surface area contributed by atoms with Gasteiger partial charge in [-0.1, -0.05) is 0 Å². The summed E-state index contributed by atoms with van der Waals surface area (Å²) in [6.45, 7) is 0. The number of nitrogens with zero attached hydrogens (tertiary/aromatic N) is 3. The van der Waals surface area contributed by atoms with Crippen molar-refractivity contribution >= 4 is 17.4 Å². The summed E-state index contributed by atoms with van der Waals surface area (Å²) in [5.74, 6) is -1.75. The summed E-state index contributed by atoms with van der Waals surface area (Å²) in [7, 11) is 1.50. The van der Waals surface area contributed by atoms with Gasteiger partial charge in [0.2, 0.25) is 0 Å². The highest BCUT2D eigenvalue weighted by atomic mass is 19.1. The van der Waals surface area contributed by atoms with Crippen LogP contribution in [0.1, 0.15) is 10.4 Å². The van der Waals surface area contributed by atoms with Crippen LogP contribution in [0.15, 0.2) is 12.4 Å². The Morgan fingerprint density at radius 3 is 3.00 bits per heavy atom. The number of aromatic carboxylic acids is 1. The molecule has 2 heterocycles. The van der Waals surface area contributed by atoms with E-state index in [0.29, 0.717) is 0 Å². The van der Waals surface area contributed by atoms with Gasteiger partial charge in [-0.15, -0.1) is 0 Å². The van der Waals surface area contributed by atoms with E-state index in [9.17, 15) is 9.18 Å². The Balaban J connectivity index is 2.74. The second-order valence-corrected chi connectivity index (χ2v) is 2.82. The zero-order chi connectivity index (χ0) is 11.0. The van der Waals surface area contributed by atoms with Crippen molar-refractivity contribution in [3.8, 4) is 0 Å². The average molecular weight is 210 g/mol. The number of hydrogen-bond donors (Lipinski definition) is 2. The Labute approximate surface area is 83.4 Å². The van der Waals surface area contributed by atoms with Gasteiger partial charge in [-0.3, -0.25) is 0 Å². The van der Waals surface area contributed by atoms with Crippen molar-refractivity contribution in [2.24, 2.45) is 0 Å². The summed E-state index contributed by atoms with van der Waals surface area (Å²) in [5.41, 5.74) is 0.0414. The van der Waals surface area contributed by atoms with E-state index in [1.807, 2.05) is 0 Å². The molecule has 6 nitrogen and oxygen atoms in total. The van der Waals surface area contributed by atoms with E-state index in [1.54, 1.807) is 0 Å². The van der Waals surface area contributed by atoms with Crippen molar-refractivity contribution in [2.45, 2.75) is 0 Å². The van der Waals surface area contributed by atoms with Crippen molar-refractivity contribution < 1.29 is 14.3 Å². The highest BCUT2D eigenvalue weighted by Gasteiger charge is 2.14. The number of rotatable bonds is 2. The van der Waals surface area contributed by atoms with Gasteiger partial charge >= 0.3 is 5.97 Å². The number of hydrogen-bond acceptors (Lipinski definition) is 4. The van der Waals surface area contributed by atoms with Crippen LogP contribution in [0.5, 0.6) is 0 Å². The monoisotopic (exact) mass is 210 g/mol. The van der Waals surface area contributed by atoms with Crippen LogP contribution in [0.2, 0.25) is 0 Å². The summed E-state index contributed by atoms with van der Waals surface area (Å²) in [5, 5.41) is 15.0. The van der Waals surface area contributed by atoms with E-state index < -0.39 is 11.8 Å². The zero-order valence-electron chi connectivity index (χ0n) is 7.73. The summed E-state index contributed by atoms with van der Waals surface area (Å²) >= 11 is 0. The second kappa shape index (κ2) is 3.19. The molecule has 0 radical (unpaired) electrons. The molecule has 0 aromatic carbocycles. The molecule has 0 saturated carbocycles. The van der Waals surface area contributed by atoms with E-state index in [-0.39, 0.29) is 17.0 Å². The quantitative estimate of drug-likeness (QED) is 0.759. The molecule has 0 aliphatic rings. The van der Waals surface area contributed by atoms with Crippen LogP contribution in [-0.4, -0.2) is 32.7 Å². The number of nitrogens with one attached hydrogen (secondary N) is 1. The van der Waals surface area contributed by atoms with Crippen LogP contribution >= 0.6 is 0 Å². The fraction of sp³-hybridized carbons (Fsp3) is 0.125. The van der Waals surface area contributed by atoms with Crippen LogP contribution in [-0.2, 0) is 0 Å². The van der Waals surface area contributed by atoms with Gasteiger partial charge < -0.3 is 10.4 Å². The summed E-state index contributed by atoms with van der Waals surface area (Å²) < 4.78 is 14.3. The van der Waals surface area contributed by atoms with Crippen molar-refractivity contribution in [1.82, 2.24) is 14.6 Å². The van der Waals surface area contributed by atoms with Crippen LogP contribution in [0.3, 0.4) is 0 Å². The first-order valence-electron chi connectivity index (χ1n) is 4.08. The molecule has 2 rings (SSSR count). The topological polar surface area (TPSA) is 79.5 Å². The lowest BCUT2D eigenvalue weighted by atomic mass is 10.3. The van der Waals surface area contributed by atoms with Crippen molar-refractivity contribution in [3.05, 3.63) is 23.8 Å². The Morgan fingerprint density at radius 1 is 1.67 bits per heavy atom.